The van der Waals surface area contributed by atoms with E-state index >= 15 is 0 Å². The van der Waals surface area contributed by atoms with Gasteiger partial charge in [0.25, 0.3) is 0 Å². The van der Waals surface area contributed by atoms with Crippen molar-refractivity contribution in [2.45, 2.75) is 136 Å². The van der Waals surface area contributed by atoms with Gasteiger partial charge >= 0.3 is 5.97 Å². The van der Waals surface area contributed by atoms with E-state index in [2.05, 4.69) is 31.9 Å². The van der Waals surface area contributed by atoms with E-state index in [0.29, 0.717) is 6.42 Å². The van der Waals surface area contributed by atoms with Gasteiger partial charge in [0, 0.05) is 6.42 Å². The highest BCUT2D eigenvalue weighted by atomic mass is 16.4. The molecule has 13 N–H and O–H groups in total. The number of aliphatic hydroxyl groups excluding tert-OH is 2. The Labute approximate surface area is 304 Å². The predicted molar refractivity (Wildman–Crippen MR) is 188 cm³/mol. The van der Waals surface area contributed by atoms with Gasteiger partial charge in [-0.25, -0.2) is 4.79 Å². The normalized spacial score (nSPS) is 16.5. The minimum absolute atomic E-state index is 0.0560. The van der Waals surface area contributed by atoms with Crippen LogP contribution in [-0.2, 0) is 38.4 Å². The Morgan fingerprint density at radius 3 is 1.54 bits per heavy atom. The number of amides is 7. The molecule has 0 aliphatic rings. The molecular weight excluding hydrogens is 684 g/mol. The van der Waals surface area contributed by atoms with Gasteiger partial charge in [-0.1, -0.05) is 48.0 Å². The van der Waals surface area contributed by atoms with E-state index in [0.717, 1.165) is 0 Å². The highest BCUT2D eigenvalue weighted by molar-refractivity contribution is 5.97. The Morgan fingerprint density at radius 2 is 1.08 bits per heavy atom. The van der Waals surface area contributed by atoms with Gasteiger partial charge in [-0.15, -0.1) is 0 Å². The molecule has 0 aromatic heterocycles. The molecule has 0 saturated carbocycles. The lowest BCUT2D eigenvalue weighted by Gasteiger charge is -2.28. The molecule has 0 spiro atoms. The highest BCUT2D eigenvalue weighted by Crippen LogP contribution is 2.12. The van der Waals surface area contributed by atoms with E-state index in [1.807, 2.05) is 0 Å². The standard InChI is InChI=1S/C33H60N8O11/c1-9-17(6)26(32(50)39-22(33(51)52)13-16(4)5)41-30(48)23(14-42)40-27(45)18(7)36-28(46)20(10-11-24(34)44)37-29(47)21(12-15(2)3)38-31(49)25(35)19(8)43/h15-23,25-26,42-43H,9-14,35H2,1-8H3,(H2,34,44)(H,36,46)(H,37,47)(H,38,49)(H,39,50)(H,40,45)(H,41,48)(H,51,52). The zero-order valence-corrected chi connectivity index (χ0v) is 31.4. The number of aliphatic carboxylic acids is 1. The molecule has 0 aromatic carbocycles. The van der Waals surface area contributed by atoms with Gasteiger partial charge in [-0.05, 0) is 50.9 Å². The number of carboxylic acids is 1. The van der Waals surface area contributed by atoms with Gasteiger partial charge in [-0.3, -0.25) is 33.6 Å². The van der Waals surface area contributed by atoms with Crippen LogP contribution >= 0.6 is 0 Å². The molecule has 0 bridgehead atoms. The zero-order valence-electron chi connectivity index (χ0n) is 31.4. The molecular formula is C33H60N8O11. The first kappa shape index (κ1) is 47.6. The summed E-state index contributed by atoms with van der Waals surface area (Å²) in [6.45, 7) is 12.2. The zero-order chi connectivity index (χ0) is 40.5. The molecule has 298 valence electrons. The molecule has 52 heavy (non-hydrogen) atoms. The molecule has 0 saturated heterocycles. The summed E-state index contributed by atoms with van der Waals surface area (Å²) >= 11 is 0. The number of carbonyl (C=O) groups excluding carboxylic acids is 7. The van der Waals surface area contributed by atoms with Gasteiger partial charge < -0.3 is 58.7 Å². The van der Waals surface area contributed by atoms with Crippen molar-refractivity contribution >= 4 is 47.3 Å². The molecule has 0 heterocycles. The number of hydrogen-bond acceptors (Lipinski definition) is 11. The number of nitrogens with one attached hydrogen (secondary N) is 6. The maximum Gasteiger partial charge on any atom is 0.326 e. The number of nitrogens with two attached hydrogens (primary N) is 2. The van der Waals surface area contributed by atoms with Gasteiger partial charge in [-0.2, -0.15) is 0 Å². The van der Waals surface area contributed by atoms with Crippen LogP contribution in [0.4, 0.5) is 0 Å². The monoisotopic (exact) mass is 744 g/mol. The quantitative estimate of drug-likeness (QED) is 0.0474. The van der Waals surface area contributed by atoms with Crippen LogP contribution in [0, 0.1) is 17.8 Å². The molecule has 9 unspecified atom stereocenters. The van der Waals surface area contributed by atoms with Crippen molar-refractivity contribution < 1.29 is 53.7 Å². The van der Waals surface area contributed by atoms with Crippen molar-refractivity contribution in [2.24, 2.45) is 29.2 Å². The fraction of sp³-hybridized carbons (Fsp3) is 0.758. The lowest BCUT2D eigenvalue weighted by Crippen LogP contribution is -2.60. The first-order valence-corrected chi connectivity index (χ1v) is 17.4. The minimum Gasteiger partial charge on any atom is -0.480 e. The summed E-state index contributed by atoms with van der Waals surface area (Å²) in [5.74, 6) is -7.86. The number of carbonyl (C=O) groups is 8. The molecule has 0 radical (unpaired) electrons. The Kier molecular flexibility index (Phi) is 21.3. The van der Waals surface area contributed by atoms with Crippen LogP contribution in [-0.4, -0.2) is 118 Å². The third-order valence-corrected chi connectivity index (χ3v) is 8.16. The van der Waals surface area contributed by atoms with Gasteiger partial charge in [0.2, 0.25) is 41.4 Å². The molecule has 0 fully saturated rings. The molecule has 19 heteroatoms. The summed E-state index contributed by atoms with van der Waals surface area (Å²) < 4.78 is 0. The summed E-state index contributed by atoms with van der Waals surface area (Å²) in [7, 11) is 0. The first-order chi connectivity index (χ1) is 24.0. The van der Waals surface area contributed by atoms with E-state index in [-0.39, 0.29) is 37.5 Å². The number of aliphatic hydroxyl groups is 2. The van der Waals surface area contributed by atoms with Crippen molar-refractivity contribution in [1.82, 2.24) is 31.9 Å². The van der Waals surface area contributed by atoms with Crippen molar-refractivity contribution in [2.75, 3.05) is 6.61 Å². The van der Waals surface area contributed by atoms with Crippen LogP contribution in [0.25, 0.3) is 0 Å². The van der Waals surface area contributed by atoms with Crippen molar-refractivity contribution in [3.8, 4) is 0 Å². The van der Waals surface area contributed by atoms with Crippen molar-refractivity contribution in [3.63, 3.8) is 0 Å². The van der Waals surface area contributed by atoms with Crippen LogP contribution in [0.3, 0.4) is 0 Å². The van der Waals surface area contributed by atoms with E-state index in [1.165, 1.54) is 13.8 Å². The smallest absolute Gasteiger partial charge is 0.326 e. The third kappa shape index (κ3) is 17.2. The summed E-state index contributed by atoms with van der Waals surface area (Å²) in [5, 5.41) is 43.6. The van der Waals surface area contributed by atoms with E-state index in [9.17, 15) is 53.7 Å². The predicted octanol–water partition coefficient (Wildman–Crippen LogP) is -2.90. The molecule has 0 aliphatic carbocycles. The summed E-state index contributed by atoms with van der Waals surface area (Å²) in [5.41, 5.74) is 10.9. The topological polar surface area (TPSA) is 321 Å². The van der Waals surface area contributed by atoms with Crippen LogP contribution < -0.4 is 43.4 Å². The molecule has 0 aromatic rings. The second kappa shape index (κ2) is 23.3. The van der Waals surface area contributed by atoms with Gasteiger partial charge in [0.05, 0.1) is 12.7 Å². The number of hydrogen-bond donors (Lipinski definition) is 11. The summed E-state index contributed by atoms with van der Waals surface area (Å²) in [6.07, 6.45) is -1.16. The van der Waals surface area contributed by atoms with Gasteiger partial charge in [0.15, 0.2) is 0 Å². The van der Waals surface area contributed by atoms with Crippen LogP contribution in [0.2, 0.25) is 0 Å². The average molecular weight is 745 g/mol. The van der Waals surface area contributed by atoms with E-state index < -0.39 is 108 Å². The van der Waals surface area contributed by atoms with Crippen molar-refractivity contribution in [1.29, 1.82) is 0 Å². The second-order valence-electron chi connectivity index (χ2n) is 13.9. The lowest BCUT2D eigenvalue weighted by atomic mass is 9.96. The number of primary amides is 1. The molecule has 0 aliphatic heterocycles. The largest absolute Gasteiger partial charge is 0.480 e. The Morgan fingerprint density at radius 1 is 0.615 bits per heavy atom. The lowest BCUT2D eigenvalue weighted by molar-refractivity contribution is -0.143. The fourth-order valence-electron chi connectivity index (χ4n) is 4.80. The Hall–Kier alpha value is -4.36. The Balaban J connectivity index is 5.85. The van der Waals surface area contributed by atoms with Crippen LogP contribution in [0.5, 0.6) is 0 Å². The fourth-order valence-corrected chi connectivity index (χ4v) is 4.80. The Bertz CT molecular complexity index is 1250. The van der Waals surface area contributed by atoms with E-state index in [1.54, 1.807) is 41.5 Å². The SMILES string of the molecule is CCC(C)C(NC(=O)C(CO)NC(=O)C(C)NC(=O)C(CCC(N)=O)NC(=O)C(CC(C)C)NC(=O)C(N)C(C)O)C(=O)NC(CC(C)C)C(=O)O. The molecule has 9 atom stereocenters. The summed E-state index contributed by atoms with van der Waals surface area (Å²) in [4.78, 5) is 102. The maximum atomic E-state index is 13.3. The molecule has 0 rings (SSSR count). The van der Waals surface area contributed by atoms with E-state index in [4.69, 9.17) is 11.5 Å². The summed E-state index contributed by atoms with van der Waals surface area (Å²) in [6, 6.07) is -9.30. The molecule has 19 nitrogen and oxygen atoms in total. The van der Waals surface area contributed by atoms with Crippen LogP contribution in [0.15, 0.2) is 0 Å². The first-order valence-electron chi connectivity index (χ1n) is 17.4. The number of rotatable bonds is 24. The van der Waals surface area contributed by atoms with Gasteiger partial charge in [0.1, 0.15) is 42.3 Å². The maximum absolute atomic E-state index is 13.3. The minimum atomic E-state index is -1.59. The second-order valence-corrected chi connectivity index (χ2v) is 13.9. The highest BCUT2D eigenvalue weighted by Gasteiger charge is 2.34. The van der Waals surface area contributed by atoms with Crippen molar-refractivity contribution in [3.05, 3.63) is 0 Å². The number of carboxylic acid groups (broad SMARTS) is 1. The third-order valence-electron chi connectivity index (χ3n) is 8.16. The average Bonchev–Trinajstić information content (AvgIpc) is 3.05. The molecule has 7 amide bonds. The van der Waals surface area contributed by atoms with Crippen LogP contribution in [0.1, 0.15) is 87.5 Å².